The van der Waals surface area contributed by atoms with Crippen molar-refractivity contribution in [3.05, 3.63) is 59.7 Å². The van der Waals surface area contributed by atoms with E-state index in [4.69, 9.17) is 33.2 Å². The Kier molecular flexibility index (Phi) is 12.2. The van der Waals surface area contributed by atoms with Gasteiger partial charge < -0.3 is 38.5 Å². The standard InChI is InChI=1S/C36H43NO13/c1-19(38)44-18-29-31(46-20(2)39)33(48-22(4)41)32(47-21(3)40)30(49-29)27(34(42)50-36(5,6)7)16-37-35(43)45-17-28-25-14-10-8-12-23(25)24-13-9-11-15-26(24)28/h8-15,27-33H,16-18H2,1-7H3,(H,37,43)/t27-,29+,30-,31+,32-,33-/m0/s1. The maximum Gasteiger partial charge on any atom is 0.407 e. The van der Waals surface area contributed by atoms with Crippen LogP contribution in [0.25, 0.3) is 11.1 Å². The second-order valence-corrected chi connectivity index (χ2v) is 13.0. The third-order valence-electron chi connectivity index (χ3n) is 7.94. The fourth-order valence-electron chi connectivity index (χ4n) is 6.14. The Bertz CT molecular complexity index is 1550. The summed E-state index contributed by atoms with van der Waals surface area (Å²) in [7, 11) is 0. The molecule has 1 N–H and O–H groups in total. The number of hydrogen-bond acceptors (Lipinski definition) is 13. The summed E-state index contributed by atoms with van der Waals surface area (Å²) in [5.74, 6) is -5.67. The second kappa shape index (κ2) is 16.2. The molecule has 1 aliphatic carbocycles. The summed E-state index contributed by atoms with van der Waals surface area (Å²) in [6.45, 7) is 8.38. The lowest BCUT2D eigenvalue weighted by molar-refractivity contribution is -0.261. The van der Waals surface area contributed by atoms with E-state index in [-0.39, 0.29) is 12.5 Å². The Morgan fingerprint density at radius 3 is 1.74 bits per heavy atom. The quantitative estimate of drug-likeness (QED) is 0.266. The van der Waals surface area contributed by atoms with Crippen molar-refractivity contribution in [1.82, 2.24) is 5.32 Å². The van der Waals surface area contributed by atoms with E-state index in [9.17, 15) is 28.8 Å². The first-order valence-electron chi connectivity index (χ1n) is 16.2. The van der Waals surface area contributed by atoms with Crippen molar-refractivity contribution in [2.24, 2.45) is 5.92 Å². The molecule has 0 aromatic heterocycles. The van der Waals surface area contributed by atoms with Crippen LogP contribution in [0.15, 0.2) is 48.5 Å². The number of carbonyl (C=O) groups is 6. The van der Waals surface area contributed by atoms with E-state index in [1.54, 1.807) is 20.8 Å². The molecule has 2 aromatic rings. The van der Waals surface area contributed by atoms with Crippen LogP contribution in [-0.4, -0.2) is 91.8 Å². The van der Waals surface area contributed by atoms with E-state index < -0.39 is 91.1 Å². The first kappa shape index (κ1) is 37.8. The van der Waals surface area contributed by atoms with E-state index in [0.29, 0.717) is 0 Å². The van der Waals surface area contributed by atoms with Gasteiger partial charge in [0.05, 0.1) is 0 Å². The topological polar surface area (TPSA) is 179 Å². The average molecular weight is 698 g/mol. The molecular weight excluding hydrogens is 654 g/mol. The Labute approximate surface area is 290 Å². The molecule has 0 saturated carbocycles. The normalized spacial score (nSPS) is 21.8. The first-order chi connectivity index (χ1) is 23.6. The van der Waals surface area contributed by atoms with Crippen LogP contribution in [0, 0.1) is 5.92 Å². The summed E-state index contributed by atoms with van der Waals surface area (Å²) in [6, 6.07) is 15.7. The van der Waals surface area contributed by atoms with E-state index in [1.165, 1.54) is 0 Å². The largest absolute Gasteiger partial charge is 0.463 e. The minimum Gasteiger partial charge on any atom is -0.463 e. The maximum atomic E-state index is 13.8. The van der Waals surface area contributed by atoms with Gasteiger partial charge in [0.25, 0.3) is 0 Å². The van der Waals surface area contributed by atoms with Crippen molar-refractivity contribution in [2.75, 3.05) is 19.8 Å². The van der Waals surface area contributed by atoms with Gasteiger partial charge in [-0.3, -0.25) is 24.0 Å². The van der Waals surface area contributed by atoms with Crippen molar-refractivity contribution in [1.29, 1.82) is 0 Å². The first-order valence-corrected chi connectivity index (χ1v) is 16.2. The van der Waals surface area contributed by atoms with Crippen molar-refractivity contribution >= 4 is 35.9 Å². The molecule has 1 aliphatic heterocycles. The van der Waals surface area contributed by atoms with Gasteiger partial charge in [-0.2, -0.15) is 0 Å². The van der Waals surface area contributed by atoms with Crippen molar-refractivity contribution in [3.63, 3.8) is 0 Å². The summed E-state index contributed by atoms with van der Waals surface area (Å²) < 4.78 is 39.2. The van der Waals surface area contributed by atoms with Crippen molar-refractivity contribution < 1.29 is 61.9 Å². The minimum atomic E-state index is -1.55. The summed E-state index contributed by atoms with van der Waals surface area (Å²) in [5.41, 5.74) is 3.10. The fourth-order valence-corrected chi connectivity index (χ4v) is 6.14. The van der Waals surface area contributed by atoms with Crippen molar-refractivity contribution in [3.8, 4) is 11.1 Å². The molecule has 2 aromatic carbocycles. The zero-order valence-corrected chi connectivity index (χ0v) is 29.1. The van der Waals surface area contributed by atoms with Crippen LogP contribution < -0.4 is 5.32 Å². The molecule has 0 radical (unpaired) electrons. The van der Waals surface area contributed by atoms with E-state index >= 15 is 0 Å². The summed E-state index contributed by atoms with van der Waals surface area (Å²) >= 11 is 0. The number of esters is 5. The fraction of sp³-hybridized carbons (Fsp3) is 0.500. The van der Waals surface area contributed by atoms with Gasteiger partial charge in [0.15, 0.2) is 18.3 Å². The average Bonchev–Trinajstić information content (AvgIpc) is 3.33. The highest BCUT2D eigenvalue weighted by Crippen LogP contribution is 2.44. The zero-order chi connectivity index (χ0) is 36.7. The molecule has 14 nitrogen and oxygen atoms in total. The third kappa shape index (κ3) is 9.59. The molecule has 1 saturated heterocycles. The molecule has 1 amide bonds. The van der Waals surface area contributed by atoms with Crippen LogP contribution in [0.2, 0.25) is 0 Å². The van der Waals surface area contributed by atoms with Gasteiger partial charge in [-0.25, -0.2) is 4.79 Å². The maximum absolute atomic E-state index is 13.8. The van der Waals surface area contributed by atoms with Gasteiger partial charge in [-0.05, 0) is 43.0 Å². The lowest BCUT2D eigenvalue weighted by atomic mass is 9.86. The van der Waals surface area contributed by atoms with Gasteiger partial charge >= 0.3 is 35.9 Å². The molecule has 270 valence electrons. The second-order valence-electron chi connectivity index (χ2n) is 13.0. The number of nitrogens with one attached hydrogen (secondary N) is 1. The van der Waals surface area contributed by atoms with Crippen LogP contribution >= 0.6 is 0 Å². The molecular formula is C36H43NO13. The summed E-state index contributed by atoms with van der Waals surface area (Å²) in [4.78, 5) is 75.6. The number of amides is 1. The minimum absolute atomic E-state index is 0.00395. The number of benzene rings is 2. The number of alkyl carbamates (subject to hydrolysis) is 1. The smallest absolute Gasteiger partial charge is 0.407 e. The molecule has 2 aliphatic rings. The van der Waals surface area contributed by atoms with Gasteiger partial charge in [0.1, 0.15) is 36.9 Å². The molecule has 1 fully saturated rings. The van der Waals surface area contributed by atoms with E-state index in [2.05, 4.69) is 5.32 Å². The monoisotopic (exact) mass is 697 g/mol. The van der Waals surface area contributed by atoms with Gasteiger partial charge in [0.2, 0.25) is 0 Å². The lowest BCUT2D eigenvalue weighted by Crippen LogP contribution is -2.65. The zero-order valence-electron chi connectivity index (χ0n) is 29.1. The Balaban J connectivity index is 1.63. The van der Waals surface area contributed by atoms with Crippen LogP contribution in [0.5, 0.6) is 0 Å². The van der Waals surface area contributed by atoms with Crippen LogP contribution in [0.4, 0.5) is 4.79 Å². The molecule has 6 atom stereocenters. The number of hydrogen-bond donors (Lipinski definition) is 1. The van der Waals surface area contributed by atoms with Gasteiger partial charge in [-0.15, -0.1) is 0 Å². The van der Waals surface area contributed by atoms with E-state index in [1.807, 2.05) is 48.5 Å². The molecule has 1 heterocycles. The van der Waals surface area contributed by atoms with Gasteiger partial charge in [-0.1, -0.05) is 48.5 Å². The highest BCUT2D eigenvalue weighted by molar-refractivity contribution is 5.79. The third-order valence-corrected chi connectivity index (χ3v) is 7.94. The summed E-state index contributed by atoms with van der Waals surface area (Å²) in [5, 5.41) is 2.60. The van der Waals surface area contributed by atoms with Crippen LogP contribution in [-0.2, 0) is 57.1 Å². The molecule has 0 unspecified atom stereocenters. The number of fused-ring (bicyclic) bond motifs is 3. The lowest BCUT2D eigenvalue weighted by Gasteiger charge is -2.46. The van der Waals surface area contributed by atoms with Crippen molar-refractivity contribution in [2.45, 2.75) is 90.5 Å². The predicted octanol–water partition coefficient (Wildman–Crippen LogP) is 3.61. The van der Waals surface area contributed by atoms with E-state index in [0.717, 1.165) is 49.9 Å². The highest BCUT2D eigenvalue weighted by atomic mass is 16.7. The molecule has 14 heteroatoms. The Morgan fingerprint density at radius 2 is 1.22 bits per heavy atom. The summed E-state index contributed by atoms with van der Waals surface area (Å²) in [6.07, 6.45) is -8.12. The molecule has 50 heavy (non-hydrogen) atoms. The number of rotatable bonds is 11. The number of ether oxygens (including phenoxy) is 7. The highest BCUT2D eigenvalue weighted by Gasteiger charge is 2.56. The predicted molar refractivity (Wildman–Crippen MR) is 174 cm³/mol. The van der Waals surface area contributed by atoms with Crippen LogP contribution in [0.1, 0.15) is 65.5 Å². The molecule has 0 bridgehead atoms. The SMILES string of the molecule is CC(=O)OC[C@H]1O[C@@H]([C@H](CNC(=O)OCC2c3ccccc3-c3ccccc32)C(=O)OC(C)(C)C)[C@H](OC(C)=O)[C@@H](OC(C)=O)[C@@H]1OC(C)=O. The molecule has 4 rings (SSSR count). The van der Waals surface area contributed by atoms with Gasteiger partial charge in [0, 0.05) is 40.2 Å². The molecule has 0 spiro atoms. The Morgan fingerprint density at radius 1 is 0.700 bits per heavy atom. The number of carbonyl (C=O) groups excluding carboxylic acids is 6. The van der Waals surface area contributed by atoms with Crippen LogP contribution in [0.3, 0.4) is 0 Å². The Hall–Kier alpha value is -4.98.